The molecule has 0 bridgehead atoms. The van der Waals surface area contributed by atoms with E-state index in [0.29, 0.717) is 5.54 Å². The lowest BCUT2D eigenvalue weighted by Crippen LogP contribution is -2.28. The Morgan fingerprint density at radius 1 is 1.53 bits per heavy atom. The molecule has 0 unspecified atom stereocenters. The van der Waals surface area contributed by atoms with E-state index in [1.807, 2.05) is 6.92 Å². The van der Waals surface area contributed by atoms with E-state index in [2.05, 4.69) is 44.9 Å². The van der Waals surface area contributed by atoms with Crippen LogP contribution in [0.2, 0.25) is 0 Å². The number of nitrogens with one attached hydrogen (secondary N) is 1. The Bertz CT molecular complexity index is 366. The lowest BCUT2D eigenvalue weighted by molar-refractivity contribution is 0.505. The molecule has 0 saturated heterocycles. The number of aryl methyl sites for hydroxylation is 2. The van der Waals surface area contributed by atoms with Gasteiger partial charge in [0.05, 0.1) is 15.9 Å². The van der Waals surface area contributed by atoms with Gasteiger partial charge in [-0.1, -0.05) is 0 Å². The molecule has 0 aliphatic heterocycles. The van der Waals surface area contributed by atoms with Crippen LogP contribution in [-0.4, -0.2) is 15.3 Å². The van der Waals surface area contributed by atoms with Gasteiger partial charge in [0.1, 0.15) is 0 Å². The number of nitrogens with zero attached hydrogens (tertiary/aromatic N) is 2. The Morgan fingerprint density at radius 2 is 2.20 bits per heavy atom. The molecule has 1 fully saturated rings. The molecule has 0 atom stereocenters. The Labute approximate surface area is 99.4 Å². The van der Waals surface area contributed by atoms with Crippen LogP contribution in [0.15, 0.2) is 4.47 Å². The summed E-state index contributed by atoms with van der Waals surface area (Å²) in [4.78, 5) is 0. The molecule has 0 spiro atoms. The van der Waals surface area contributed by atoms with E-state index in [1.165, 1.54) is 18.5 Å². The Balaban J connectivity index is 2.11. The molecule has 4 heteroatoms. The van der Waals surface area contributed by atoms with Gasteiger partial charge in [0.15, 0.2) is 0 Å². The Hall–Kier alpha value is -0.350. The average Bonchev–Trinajstić information content (AvgIpc) is 2.87. The third kappa shape index (κ3) is 2.26. The number of rotatable bonds is 4. The second-order valence-corrected chi connectivity index (χ2v) is 5.37. The molecule has 0 radical (unpaired) electrons. The summed E-state index contributed by atoms with van der Waals surface area (Å²) >= 11 is 3.61. The van der Waals surface area contributed by atoms with E-state index < -0.39 is 0 Å². The molecule has 15 heavy (non-hydrogen) atoms. The summed E-state index contributed by atoms with van der Waals surface area (Å²) in [5.74, 6) is 0. The zero-order valence-corrected chi connectivity index (χ0v) is 11.2. The van der Waals surface area contributed by atoms with Crippen molar-refractivity contribution in [2.45, 2.75) is 52.2 Å². The van der Waals surface area contributed by atoms with Gasteiger partial charge in [-0.15, -0.1) is 0 Å². The minimum atomic E-state index is 0.385. The predicted molar refractivity (Wildman–Crippen MR) is 64.8 cm³/mol. The summed E-state index contributed by atoms with van der Waals surface area (Å²) in [7, 11) is 0. The lowest BCUT2D eigenvalue weighted by atomic mass is 10.3. The summed E-state index contributed by atoms with van der Waals surface area (Å²) < 4.78 is 3.22. The second-order valence-electron chi connectivity index (χ2n) is 4.58. The molecule has 1 aliphatic rings. The van der Waals surface area contributed by atoms with Crippen molar-refractivity contribution in [3.8, 4) is 0 Å². The SMILES string of the molecule is CCn1nc(C)c(Br)c1CNC1(C)CC1. The van der Waals surface area contributed by atoms with Gasteiger partial charge < -0.3 is 5.32 Å². The van der Waals surface area contributed by atoms with E-state index in [9.17, 15) is 0 Å². The molecular formula is C11H18BrN3. The van der Waals surface area contributed by atoms with Gasteiger partial charge in [-0.3, -0.25) is 4.68 Å². The number of hydrogen-bond acceptors (Lipinski definition) is 2. The van der Waals surface area contributed by atoms with Crippen LogP contribution in [0.5, 0.6) is 0 Å². The standard InChI is InChI=1S/C11H18BrN3/c1-4-15-9(10(12)8(2)14-15)7-13-11(3)5-6-11/h13H,4-7H2,1-3H3. The summed E-state index contributed by atoms with van der Waals surface area (Å²) in [6.07, 6.45) is 2.59. The fourth-order valence-electron chi connectivity index (χ4n) is 1.70. The number of halogens is 1. The van der Waals surface area contributed by atoms with Gasteiger partial charge in [0.25, 0.3) is 0 Å². The van der Waals surface area contributed by atoms with E-state index in [-0.39, 0.29) is 0 Å². The zero-order valence-electron chi connectivity index (χ0n) is 9.60. The van der Waals surface area contributed by atoms with Gasteiger partial charge in [-0.2, -0.15) is 5.10 Å². The van der Waals surface area contributed by atoms with E-state index in [4.69, 9.17) is 0 Å². The maximum Gasteiger partial charge on any atom is 0.0739 e. The van der Waals surface area contributed by atoms with Crippen LogP contribution >= 0.6 is 15.9 Å². The van der Waals surface area contributed by atoms with Crippen molar-refractivity contribution in [1.82, 2.24) is 15.1 Å². The van der Waals surface area contributed by atoms with Crippen molar-refractivity contribution >= 4 is 15.9 Å². The monoisotopic (exact) mass is 271 g/mol. The number of hydrogen-bond donors (Lipinski definition) is 1. The first kappa shape index (κ1) is 11.1. The van der Waals surface area contributed by atoms with Crippen LogP contribution in [0.25, 0.3) is 0 Å². The third-order valence-corrected chi connectivity index (χ3v) is 4.17. The van der Waals surface area contributed by atoms with E-state index in [0.717, 1.165) is 23.3 Å². The molecule has 1 aromatic heterocycles. The summed E-state index contributed by atoms with van der Waals surface area (Å²) in [5, 5.41) is 8.07. The highest BCUT2D eigenvalue weighted by atomic mass is 79.9. The maximum absolute atomic E-state index is 4.48. The van der Waals surface area contributed by atoms with Crippen molar-refractivity contribution in [3.63, 3.8) is 0 Å². The minimum Gasteiger partial charge on any atom is -0.306 e. The molecule has 3 nitrogen and oxygen atoms in total. The molecule has 1 N–H and O–H groups in total. The van der Waals surface area contributed by atoms with Crippen LogP contribution < -0.4 is 5.32 Å². The summed E-state index contributed by atoms with van der Waals surface area (Å²) in [5.41, 5.74) is 2.73. The van der Waals surface area contributed by atoms with Crippen LogP contribution in [0, 0.1) is 6.92 Å². The van der Waals surface area contributed by atoms with Gasteiger partial charge >= 0.3 is 0 Å². The molecule has 1 aromatic rings. The van der Waals surface area contributed by atoms with Crippen molar-refractivity contribution in [2.75, 3.05) is 0 Å². The van der Waals surface area contributed by atoms with Gasteiger partial charge in [-0.05, 0) is 49.5 Å². The predicted octanol–water partition coefficient (Wildman–Crippen LogP) is 2.62. The van der Waals surface area contributed by atoms with Gasteiger partial charge in [-0.25, -0.2) is 0 Å². The van der Waals surface area contributed by atoms with E-state index >= 15 is 0 Å². The largest absolute Gasteiger partial charge is 0.306 e. The molecule has 84 valence electrons. The Kier molecular flexibility index (Phi) is 2.90. The van der Waals surface area contributed by atoms with Crippen molar-refractivity contribution < 1.29 is 0 Å². The maximum atomic E-state index is 4.48. The lowest BCUT2D eigenvalue weighted by Gasteiger charge is -2.12. The summed E-state index contributed by atoms with van der Waals surface area (Å²) in [6.45, 7) is 8.28. The highest BCUT2D eigenvalue weighted by Gasteiger charge is 2.36. The smallest absolute Gasteiger partial charge is 0.0739 e. The first-order valence-electron chi connectivity index (χ1n) is 5.52. The van der Waals surface area contributed by atoms with Crippen LogP contribution in [0.3, 0.4) is 0 Å². The first-order valence-corrected chi connectivity index (χ1v) is 6.32. The molecule has 2 rings (SSSR count). The fourth-order valence-corrected chi connectivity index (χ4v) is 2.12. The Morgan fingerprint density at radius 3 is 2.73 bits per heavy atom. The van der Waals surface area contributed by atoms with Gasteiger partial charge in [0.2, 0.25) is 0 Å². The van der Waals surface area contributed by atoms with Crippen molar-refractivity contribution in [2.24, 2.45) is 0 Å². The molecule has 1 heterocycles. The third-order valence-electron chi connectivity index (χ3n) is 3.14. The number of aromatic nitrogens is 2. The zero-order chi connectivity index (χ0) is 11.1. The minimum absolute atomic E-state index is 0.385. The highest BCUT2D eigenvalue weighted by Crippen LogP contribution is 2.35. The summed E-state index contributed by atoms with van der Waals surface area (Å²) in [6, 6.07) is 0. The molecule has 1 saturated carbocycles. The molecular weight excluding hydrogens is 254 g/mol. The van der Waals surface area contributed by atoms with Crippen LogP contribution in [0.1, 0.15) is 38.1 Å². The van der Waals surface area contributed by atoms with Crippen molar-refractivity contribution in [3.05, 3.63) is 15.9 Å². The second kappa shape index (κ2) is 3.91. The fraction of sp³-hybridized carbons (Fsp3) is 0.727. The quantitative estimate of drug-likeness (QED) is 0.913. The van der Waals surface area contributed by atoms with Crippen molar-refractivity contribution in [1.29, 1.82) is 0 Å². The van der Waals surface area contributed by atoms with Crippen LogP contribution in [-0.2, 0) is 13.1 Å². The van der Waals surface area contributed by atoms with E-state index in [1.54, 1.807) is 0 Å². The molecule has 0 amide bonds. The molecule has 0 aromatic carbocycles. The van der Waals surface area contributed by atoms with Gasteiger partial charge in [0, 0.05) is 18.6 Å². The normalized spacial score (nSPS) is 18.1. The average molecular weight is 272 g/mol. The topological polar surface area (TPSA) is 29.9 Å². The van der Waals surface area contributed by atoms with Crippen LogP contribution in [0.4, 0.5) is 0 Å². The molecule has 1 aliphatic carbocycles. The first-order chi connectivity index (χ1) is 7.06. The highest BCUT2D eigenvalue weighted by molar-refractivity contribution is 9.10.